The number of fused-ring (bicyclic) bond motifs is 1. The topological polar surface area (TPSA) is 46.6 Å². The Morgan fingerprint density at radius 1 is 1.17 bits per heavy atom. The molecular weight excluding hydrogens is 290 g/mol. The maximum absolute atomic E-state index is 13.0. The maximum Gasteiger partial charge on any atom is 0.271 e. The van der Waals surface area contributed by atoms with Crippen LogP contribution in [0.3, 0.4) is 0 Å². The highest BCUT2D eigenvalue weighted by Gasteiger charge is 2.45. The molecule has 0 aromatic heterocycles. The molecule has 1 aliphatic heterocycles. The van der Waals surface area contributed by atoms with E-state index in [-0.39, 0.29) is 11.7 Å². The first-order valence-corrected chi connectivity index (χ1v) is 8.71. The number of nitrogens with zero attached hydrogens (tertiary/aromatic N) is 1. The van der Waals surface area contributed by atoms with Gasteiger partial charge in [-0.2, -0.15) is 0 Å². The van der Waals surface area contributed by atoms with Crippen LogP contribution in [0.4, 0.5) is 5.69 Å². The van der Waals surface area contributed by atoms with Crippen molar-refractivity contribution in [3.8, 4) is 5.75 Å². The molecule has 0 bridgehead atoms. The molecule has 1 aromatic carbocycles. The number of hydrogen-bond donors (Lipinski definition) is 0. The Kier molecular flexibility index (Phi) is 5.45. The summed E-state index contributed by atoms with van der Waals surface area (Å²) in [6.07, 6.45) is 3.68. The third-order valence-electron chi connectivity index (χ3n) is 4.71. The number of rotatable bonds is 7. The zero-order valence-corrected chi connectivity index (χ0v) is 14.6. The predicted molar refractivity (Wildman–Crippen MR) is 92.3 cm³/mol. The summed E-state index contributed by atoms with van der Waals surface area (Å²) in [4.78, 5) is 26.9. The summed E-state index contributed by atoms with van der Waals surface area (Å²) in [7, 11) is 0. The number of hydrogen-bond acceptors (Lipinski definition) is 3. The van der Waals surface area contributed by atoms with Crippen molar-refractivity contribution in [1.29, 1.82) is 0 Å². The number of anilines is 1. The van der Waals surface area contributed by atoms with Crippen molar-refractivity contribution in [2.45, 2.75) is 65.4 Å². The average molecular weight is 317 g/mol. The fourth-order valence-corrected chi connectivity index (χ4v) is 3.04. The van der Waals surface area contributed by atoms with Gasteiger partial charge in [0.15, 0.2) is 11.4 Å². The van der Waals surface area contributed by atoms with Gasteiger partial charge in [-0.15, -0.1) is 0 Å². The van der Waals surface area contributed by atoms with E-state index in [0.717, 1.165) is 18.5 Å². The molecule has 0 saturated heterocycles. The normalized spacial score (nSPS) is 16.0. The average Bonchev–Trinajstić information content (AvgIpc) is 2.59. The molecule has 1 heterocycles. The van der Waals surface area contributed by atoms with Crippen LogP contribution in [0.2, 0.25) is 0 Å². The summed E-state index contributed by atoms with van der Waals surface area (Å²) in [6.45, 7) is 8.59. The fourth-order valence-electron chi connectivity index (χ4n) is 3.04. The number of unbranched alkanes of at least 4 members (excludes halogenated alkanes) is 1. The summed E-state index contributed by atoms with van der Waals surface area (Å²) >= 11 is 0. The minimum absolute atomic E-state index is 0.0181. The van der Waals surface area contributed by atoms with Gasteiger partial charge in [-0.25, -0.2) is 0 Å². The summed E-state index contributed by atoms with van der Waals surface area (Å²) in [5.41, 5.74) is 0.599. The predicted octanol–water partition coefficient (Wildman–Crippen LogP) is 4.36. The van der Waals surface area contributed by atoms with Crippen molar-refractivity contribution < 1.29 is 14.3 Å². The lowest BCUT2D eigenvalue weighted by Crippen LogP contribution is -2.55. The second kappa shape index (κ2) is 7.16. The smallest absolute Gasteiger partial charge is 0.271 e. The number of amides is 1. The van der Waals surface area contributed by atoms with Gasteiger partial charge in [0, 0.05) is 18.5 Å². The first-order valence-electron chi connectivity index (χ1n) is 8.71. The Morgan fingerprint density at radius 2 is 1.87 bits per heavy atom. The highest BCUT2D eigenvalue weighted by molar-refractivity contribution is 6.05. The van der Waals surface area contributed by atoms with Crippen LogP contribution in [0, 0.1) is 0 Å². The second-order valence-electron chi connectivity index (χ2n) is 6.07. The van der Waals surface area contributed by atoms with Crippen LogP contribution < -0.4 is 9.64 Å². The van der Waals surface area contributed by atoms with Gasteiger partial charge in [0.1, 0.15) is 5.75 Å². The van der Waals surface area contributed by atoms with E-state index in [1.807, 2.05) is 37.8 Å². The minimum atomic E-state index is -0.781. The molecular formula is C19H27NO3. The first kappa shape index (κ1) is 17.5. The van der Waals surface area contributed by atoms with E-state index in [2.05, 4.69) is 6.92 Å². The van der Waals surface area contributed by atoms with Crippen LogP contribution in [0.1, 0.15) is 70.2 Å². The molecule has 4 heteroatoms. The Balaban J connectivity index is 2.50. The Hall–Kier alpha value is -1.84. The molecule has 1 aliphatic rings. The molecule has 0 radical (unpaired) electrons. The Morgan fingerprint density at radius 3 is 2.43 bits per heavy atom. The molecule has 126 valence electrons. The molecule has 1 aromatic rings. The molecule has 0 N–H and O–H groups in total. The van der Waals surface area contributed by atoms with Crippen LogP contribution in [0.25, 0.3) is 0 Å². The van der Waals surface area contributed by atoms with Gasteiger partial charge < -0.3 is 9.64 Å². The summed E-state index contributed by atoms with van der Waals surface area (Å²) in [5, 5.41) is 0. The molecule has 1 amide bonds. The number of benzene rings is 1. The lowest BCUT2D eigenvalue weighted by molar-refractivity contribution is -0.136. The van der Waals surface area contributed by atoms with Crippen LogP contribution in [0.5, 0.6) is 5.75 Å². The van der Waals surface area contributed by atoms with E-state index >= 15 is 0 Å². The van der Waals surface area contributed by atoms with Gasteiger partial charge in [0.05, 0.1) is 5.69 Å². The molecule has 2 rings (SSSR count). The number of carbonyl (C=O) groups excluding carboxylic acids is 2. The summed E-state index contributed by atoms with van der Waals surface area (Å²) in [5.74, 6) is 0.806. The second-order valence-corrected chi connectivity index (χ2v) is 6.07. The van der Waals surface area contributed by atoms with Gasteiger partial charge in [0.2, 0.25) is 0 Å². The number of carbonyl (C=O) groups is 2. The van der Waals surface area contributed by atoms with E-state index in [4.69, 9.17) is 4.74 Å². The molecule has 23 heavy (non-hydrogen) atoms. The molecule has 4 nitrogen and oxygen atoms in total. The third kappa shape index (κ3) is 3.12. The molecule has 0 fully saturated rings. The van der Waals surface area contributed by atoms with Gasteiger partial charge in [-0.05, 0) is 37.5 Å². The van der Waals surface area contributed by atoms with E-state index in [9.17, 15) is 9.59 Å². The number of Topliss-reactive ketones (excluding diaryl/α,β-unsaturated/α-hetero) is 1. The van der Waals surface area contributed by atoms with E-state index in [0.29, 0.717) is 37.1 Å². The fraction of sp³-hybridized carbons (Fsp3) is 0.579. The van der Waals surface area contributed by atoms with Crippen LogP contribution in [-0.4, -0.2) is 23.8 Å². The third-order valence-corrected chi connectivity index (χ3v) is 4.71. The SMILES string of the molecule is CCCCN1C(=O)C(CC)(CC)Oc2ccc(C(=O)CC)cc21. The lowest BCUT2D eigenvalue weighted by Gasteiger charge is -2.42. The Labute approximate surface area is 138 Å². The van der Waals surface area contributed by atoms with E-state index in [1.165, 1.54) is 0 Å². The van der Waals surface area contributed by atoms with Crippen molar-refractivity contribution in [1.82, 2.24) is 0 Å². The maximum atomic E-state index is 13.0. The van der Waals surface area contributed by atoms with Gasteiger partial charge in [-0.1, -0.05) is 34.1 Å². The molecule has 0 atom stereocenters. The standard InChI is InChI=1S/C19H27NO3/c1-5-9-12-20-15-13-14(16(21)6-2)10-11-17(15)23-19(7-3,8-4)18(20)22/h10-11,13H,5-9,12H2,1-4H3. The highest BCUT2D eigenvalue weighted by atomic mass is 16.5. The quantitative estimate of drug-likeness (QED) is 0.702. The number of ketones is 1. The van der Waals surface area contributed by atoms with Crippen molar-refractivity contribution in [2.24, 2.45) is 0 Å². The minimum Gasteiger partial charge on any atom is -0.475 e. The molecule has 0 saturated carbocycles. The van der Waals surface area contributed by atoms with Crippen LogP contribution >= 0.6 is 0 Å². The van der Waals surface area contributed by atoms with Gasteiger partial charge >= 0.3 is 0 Å². The van der Waals surface area contributed by atoms with Gasteiger partial charge in [-0.3, -0.25) is 9.59 Å². The van der Waals surface area contributed by atoms with Crippen molar-refractivity contribution >= 4 is 17.4 Å². The highest BCUT2D eigenvalue weighted by Crippen LogP contribution is 2.41. The van der Waals surface area contributed by atoms with E-state index in [1.54, 1.807) is 6.07 Å². The van der Waals surface area contributed by atoms with Gasteiger partial charge in [0.25, 0.3) is 5.91 Å². The van der Waals surface area contributed by atoms with Crippen molar-refractivity contribution in [3.63, 3.8) is 0 Å². The Bertz CT molecular complexity index is 590. The monoisotopic (exact) mass is 317 g/mol. The number of ether oxygens (including phenoxy) is 1. The zero-order chi connectivity index (χ0) is 17.0. The molecule has 0 unspecified atom stereocenters. The largest absolute Gasteiger partial charge is 0.475 e. The van der Waals surface area contributed by atoms with Crippen LogP contribution in [-0.2, 0) is 4.79 Å². The van der Waals surface area contributed by atoms with E-state index < -0.39 is 5.60 Å². The zero-order valence-electron chi connectivity index (χ0n) is 14.6. The van der Waals surface area contributed by atoms with Crippen LogP contribution in [0.15, 0.2) is 18.2 Å². The van der Waals surface area contributed by atoms with Crippen molar-refractivity contribution in [3.05, 3.63) is 23.8 Å². The lowest BCUT2D eigenvalue weighted by atomic mass is 9.92. The summed E-state index contributed by atoms with van der Waals surface area (Å²) in [6, 6.07) is 5.45. The summed E-state index contributed by atoms with van der Waals surface area (Å²) < 4.78 is 6.11. The first-order chi connectivity index (χ1) is 11.0. The van der Waals surface area contributed by atoms with Crippen molar-refractivity contribution in [2.75, 3.05) is 11.4 Å². The molecule has 0 aliphatic carbocycles. The molecule has 0 spiro atoms.